The number of imidazole rings is 1. The Morgan fingerprint density at radius 2 is 1.60 bits per heavy atom. The van der Waals surface area contributed by atoms with Crippen LogP contribution in [0, 0.1) is 0 Å². The van der Waals surface area contributed by atoms with Gasteiger partial charge in [-0.25, -0.2) is 9.97 Å². The number of benzene rings is 2. The summed E-state index contributed by atoms with van der Waals surface area (Å²) in [5.74, 6) is 0. The standard InChI is InChI=1S/C15H9BrN4/c16-10-3-1-9(2-4-10)15-7-17-13-5-11-12(19-8-18-11)6-14(13)20-15/h1-8,20H. The Hall–Kier alpha value is -2.27. The van der Waals surface area contributed by atoms with Gasteiger partial charge >= 0.3 is 0 Å². The van der Waals surface area contributed by atoms with Gasteiger partial charge in [0.05, 0.1) is 34.0 Å². The molecule has 4 rings (SSSR count). The fourth-order valence-corrected chi connectivity index (χ4v) is 2.48. The van der Waals surface area contributed by atoms with Gasteiger partial charge < -0.3 is 4.98 Å². The molecule has 0 atom stereocenters. The zero-order chi connectivity index (χ0) is 13.5. The van der Waals surface area contributed by atoms with E-state index in [1.165, 1.54) is 0 Å². The van der Waals surface area contributed by atoms with E-state index in [0.29, 0.717) is 0 Å². The van der Waals surface area contributed by atoms with Crippen LogP contribution in [0.2, 0.25) is 0 Å². The number of aromatic nitrogens is 4. The van der Waals surface area contributed by atoms with Crippen LogP contribution in [0.25, 0.3) is 33.3 Å². The second kappa shape index (κ2) is 4.38. The lowest BCUT2D eigenvalue weighted by Crippen LogP contribution is -1.89. The molecule has 0 aliphatic rings. The maximum absolute atomic E-state index is 4.50. The third-order valence-electron chi connectivity index (χ3n) is 3.24. The van der Waals surface area contributed by atoms with Crippen LogP contribution in [0.15, 0.2) is 53.4 Å². The SMILES string of the molecule is Brc1ccc(-c2cnc3cc4ncnc4cc3[nH]2)cc1. The highest BCUT2D eigenvalue weighted by atomic mass is 79.9. The maximum atomic E-state index is 4.50. The fourth-order valence-electron chi connectivity index (χ4n) is 2.22. The Labute approximate surface area is 123 Å². The first-order chi connectivity index (χ1) is 9.79. The van der Waals surface area contributed by atoms with Crippen molar-refractivity contribution in [3.8, 4) is 11.3 Å². The summed E-state index contributed by atoms with van der Waals surface area (Å²) in [7, 11) is 0. The van der Waals surface area contributed by atoms with Crippen LogP contribution in [0.1, 0.15) is 0 Å². The number of halogens is 1. The van der Waals surface area contributed by atoms with Crippen molar-refractivity contribution in [1.82, 2.24) is 19.9 Å². The lowest BCUT2D eigenvalue weighted by molar-refractivity contribution is 1.30. The van der Waals surface area contributed by atoms with Crippen LogP contribution in [0.3, 0.4) is 0 Å². The van der Waals surface area contributed by atoms with E-state index in [-0.39, 0.29) is 0 Å². The smallest absolute Gasteiger partial charge is 0.116 e. The molecule has 0 amide bonds. The van der Waals surface area contributed by atoms with Crippen molar-refractivity contribution in [3.05, 3.63) is 53.4 Å². The summed E-state index contributed by atoms with van der Waals surface area (Å²) < 4.78 is 1.06. The monoisotopic (exact) mass is 324 g/mol. The van der Waals surface area contributed by atoms with Crippen LogP contribution in [-0.2, 0) is 0 Å². The number of nitrogens with zero attached hydrogens (tertiary/aromatic N) is 3. The first-order valence-corrected chi connectivity index (χ1v) is 6.94. The molecule has 0 radical (unpaired) electrons. The van der Waals surface area contributed by atoms with Gasteiger partial charge in [-0.1, -0.05) is 28.1 Å². The number of nitrogens with one attached hydrogen (secondary N) is 1. The number of fused-ring (bicyclic) bond motifs is 2. The minimum atomic E-state index is 0.870. The molecule has 0 unspecified atom stereocenters. The van der Waals surface area contributed by atoms with Crippen molar-refractivity contribution >= 4 is 38.0 Å². The van der Waals surface area contributed by atoms with E-state index >= 15 is 0 Å². The average molecular weight is 325 g/mol. The molecule has 5 heteroatoms. The highest BCUT2D eigenvalue weighted by Gasteiger charge is 2.04. The van der Waals surface area contributed by atoms with Crippen molar-refractivity contribution < 1.29 is 0 Å². The number of hydrogen-bond acceptors (Lipinski definition) is 3. The van der Waals surface area contributed by atoms with Gasteiger partial charge in [-0.3, -0.25) is 4.98 Å². The molecule has 20 heavy (non-hydrogen) atoms. The third-order valence-corrected chi connectivity index (χ3v) is 3.77. The second-order valence-electron chi connectivity index (χ2n) is 4.54. The van der Waals surface area contributed by atoms with Gasteiger partial charge in [-0.05, 0) is 29.8 Å². The molecule has 2 aromatic heterocycles. The van der Waals surface area contributed by atoms with E-state index in [1.54, 1.807) is 6.33 Å². The number of rotatable bonds is 1. The first-order valence-electron chi connectivity index (χ1n) is 6.15. The second-order valence-corrected chi connectivity index (χ2v) is 5.45. The number of hydrogen-bond donors (Lipinski definition) is 1. The Morgan fingerprint density at radius 3 is 2.40 bits per heavy atom. The van der Waals surface area contributed by atoms with Crippen LogP contribution in [0.4, 0.5) is 0 Å². The van der Waals surface area contributed by atoms with Gasteiger partial charge in [0.15, 0.2) is 0 Å². The molecule has 0 aliphatic heterocycles. The van der Waals surface area contributed by atoms with Gasteiger partial charge in [0.2, 0.25) is 0 Å². The highest BCUT2D eigenvalue weighted by Crippen LogP contribution is 2.23. The molecule has 0 spiro atoms. The molecule has 0 fully saturated rings. The van der Waals surface area contributed by atoms with Crippen molar-refractivity contribution in [1.29, 1.82) is 0 Å². The maximum Gasteiger partial charge on any atom is 0.116 e. The lowest BCUT2D eigenvalue weighted by atomic mass is 10.1. The molecule has 0 saturated heterocycles. The molecule has 2 aromatic carbocycles. The van der Waals surface area contributed by atoms with Crippen LogP contribution >= 0.6 is 15.9 Å². The first kappa shape index (κ1) is 11.5. The molecular formula is C15H9BrN4. The Bertz CT molecular complexity index is 912. The predicted octanol–water partition coefficient (Wildman–Crippen LogP) is 3.94. The summed E-state index contributed by atoms with van der Waals surface area (Å²) in [4.78, 5) is 16.3. The summed E-state index contributed by atoms with van der Waals surface area (Å²) in [6.07, 6.45) is 3.41. The lowest BCUT2D eigenvalue weighted by Gasteiger charge is -2.05. The highest BCUT2D eigenvalue weighted by molar-refractivity contribution is 9.10. The molecule has 1 N–H and O–H groups in total. The topological polar surface area (TPSA) is 54.5 Å². The quantitative estimate of drug-likeness (QED) is 0.577. The van der Waals surface area contributed by atoms with Gasteiger partial charge in [-0.2, -0.15) is 0 Å². The molecule has 0 bridgehead atoms. The summed E-state index contributed by atoms with van der Waals surface area (Å²) in [6, 6.07) is 12.0. The van der Waals surface area contributed by atoms with E-state index < -0.39 is 0 Å². The van der Waals surface area contributed by atoms with Crippen molar-refractivity contribution in [2.24, 2.45) is 0 Å². The summed E-state index contributed by atoms with van der Waals surface area (Å²) >= 11 is 3.44. The van der Waals surface area contributed by atoms with Gasteiger partial charge in [0.1, 0.15) is 6.33 Å². The average Bonchev–Trinajstić information content (AvgIpc) is 2.92. The van der Waals surface area contributed by atoms with E-state index in [4.69, 9.17) is 0 Å². The minimum Gasteiger partial charge on any atom is -0.352 e. The van der Waals surface area contributed by atoms with Gasteiger partial charge in [0, 0.05) is 4.47 Å². The molecule has 2 heterocycles. The van der Waals surface area contributed by atoms with Crippen LogP contribution in [0.5, 0.6) is 0 Å². The van der Waals surface area contributed by atoms with Crippen molar-refractivity contribution in [2.45, 2.75) is 0 Å². The van der Waals surface area contributed by atoms with E-state index in [1.807, 2.05) is 42.6 Å². The Balaban J connectivity index is 1.92. The normalized spacial score (nSPS) is 11.2. The molecule has 0 aliphatic carbocycles. The number of aromatic amines is 1. The predicted molar refractivity (Wildman–Crippen MR) is 82.3 cm³/mol. The van der Waals surface area contributed by atoms with Crippen molar-refractivity contribution in [3.63, 3.8) is 0 Å². The summed E-state index contributed by atoms with van der Waals surface area (Å²) in [5.41, 5.74) is 5.66. The van der Waals surface area contributed by atoms with Gasteiger partial charge in [-0.15, -0.1) is 0 Å². The van der Waals surface area contributed by atoms with Crippen molar-refractivity contribution in [2.75, 3.05) is 0 Å². The van der Waals surface area contributed by atoms with E-state index in [9.17, 15) is 0 Å². The zero-order valence-corrected chi connectivity index (χ0v) is 11.9. The summed E-state index contributed by atoms with van der Waals surface area (Å²) in [6.45, 7) is 0. The largest absolute Gasteiger partial charge is 0.352 e. The Kier molecular flexibility index (Phi) is 2.53. The van der Waals surface area contributed by atoms with Crippen LogP contribution < -0.4 is 0 Å². The fraction of sp³-hybridized carbons (Fsp3) is 0. The zero-order valence-electron chi connectivity index (χ0n) is 10.3. The molecule has 4 nitrogen and oxygen atoms in total. The van der Waals surface area contributed by atoms with E-state index in [0.717, 1.165) is 37.8 Å². The molecule has 0 saturated carbocycles. The van der Waals surface area contributed by atoms with Gasteiger partial charge in [0.25, 0.3) is 0 Å². The Morgan fingerprint density at radius 1 is 0.850 bits per heavy atom. The van der Waals surface area contributed by atoms with E-state index in [2.05, 4.69) is 35.9 Å². The summed E-state index contributed by atoms with van der Waals surface area (Å²) in [5, 5.41) is 0. The molecule has 4 aromatic rings. The third kappa shape index (κ3) is 1.87. The minimum absolute atomic E-state index is 0.870. The molecular weight excluding hydrogens is 316 g/mol. The van der Waals surface area contributed by atoms with Crippen LogP contribution in [-0.4, -0.2) is 19.9 Å². The molecule has 96 valence electrons. The number of H-pyrrole nitrogens is 1.